The summed E-state index contributed by atoms with van der Waals surface area (Å²) in [6.07, 6.45) is -4.83. The largest absolute Gasteiger partial charge is 0.468 e. The smallest absolute Gasteiger partial charge is 0.405 e. The quantitative estimate of drug-likeness (QED) is 0.704. The predicted octanol–water partition coefficient (Wildman–Crippen LogP) is 3.41. The lowest BCUT2D eigenvalue weighted by Gasteiger charge is -2.37. The molecule has 16 heavy (non-hydrogen) atoms. The van der Waals surface area contributed by atoms with Gasteiger partial charge in [-0.15, -0.1) is 0 Å². The van der Waals surface area contributed by atoms with Gasteiger partial charge in [-0.05, 0) is 18.3 Å². The van der Waals surface area contributed by atoms with Gasteiger partial charge in [-0.2, -0.15) is 13.2 Å². The Hall–Kier alpha value is -0.740. The second-order valence-corrected chi connectivity index (χ2v) is 4.71. The minimum Gasteiger partial charge on any atom is -0.468 e. The molecule has 0 heterocycles. The molecule has 0 N–H and O–H groups in total. The number of hydrogen-bond donors (Lipinski definition) is 0. The van der Waals surface area contributed by atoms with Gasteiger partial charge in [0.2, 0.25) is 0 Å². The Labute approximate surface area is 94.2 Å². The molecule has 2 nitrogen and oxygen atoms in total. The van der Waals surface area contributed by atoms with Gasteiger partial charge >= 0.3 is 12.1 Å². The van der Waals surface area contributed by atoms with Crippen molar-refractivity contribution >= 4 is 5.97 Å². The van der Waals surface area contributed by atoms with E-state index in [-0.39, 0.29) is 12.3 Å². The van der Waals surface area contributed by atoms with E-state index in [9.17, 15) is 18.0 Å². The predicted molar refractivity (Wildman–Crippen MR) is 54.8 cm³/mol. The highest BCUT2D eigenvalue weighted by molar-refractivity contribution is 5.78. The number of hydrogen-bond acceptors (Lipinski definition) is 2. The lowest BCUT2D eigenvalue weighted by atomic mass is 9.71. The molecule has 0 saturated carbocycles. The van der Waals surface area contributed by atoms with Crippen molar-refractivity contribution in [2.45, 2.75) is 40.3 Å². The molecule has 0 fully saturated rings. The summed E-state index contributed by atoms with van der Waals surface area (Å²) < 4.78 is 43.7. The van der Waals surface area contributed by atoms with Crippen LogP contribution in [0, 0.1) is 17.3 Å². The van der Waals surface area contributed by atoms with Crippen LogP contribution in [-0.2, 0) is 9.53 Å². The average molecular weight is 240 g/mol. The van der Waals surface area contributed by atoms with Gasteiger partial charge in [-0.1, -0.05) is 27.7 Å². The molecule has 0 aromatic carbocycles. The molecule has 1 unspecified atom stereocenters. The van der Waals surface area contributed by atoms with Crippen molar-refractivity contribution in [3.8, 4) is 0 Å². The maximum atomic E-state index is 13.1. The highest BCUT2D eigenvalue weighted by Crippen LogP contribution is 2.49. The standard InChI is InChI=1S/C11H19F3O2/c1-7(2)6-10(8(3)4,9(15)16-5)11(12,13)14/h7-8H,6H2,1-5H3. The van der Waals surface area contributed by atoms with Crippen LogP contribution in [-0.4, -0.2) is 19.3 Å². The molecule has 0 aromatic heterocycles. The van der Waals surface area contributed by atoms with Crippen molar-refractivity contribution < 1.29 is 22.7 Å². The lowest BCUT2D eigenvalue weighted by molar-refractivity contribution is -0.249. The highest BCUT2D eigenvalue weighted by Gasteiger charge is 2.62. The van der Waals surface area contributed by atoms with E-state index in [1.165, 1.54) is 13.8 Å². The van der Waals surface area contributed by atoms with Crippen molar-refractivity contribution in [3.05, 3.63) is 0 Å². The molecule has 0 bridgehead atoms. The summed E-state index contributed by atoms with van der Waals surface area (Å²) in [6, 6.07) is 0. The van der Waals surface area contributed by atoms with Gasteiger partial charge in [-0.3, -0.25) is 4.79 Å². The van der Waals surface area contributed by atoms with E-state index in [1.807, 2.05) is 0 Å². The molecular weight excluding hydrogens is 221 g/mol. The molecule has 0 aliphatic carbocycles. The van der Waals surface area contributed by atoms with Crippen LogP contribution >= 0.6 is 0 Å². The van der Waals surface area contributed by atoms with Gasteiger partial charge in [-0.25, -0.2) is 0 Å². The fourth-order valence-corrected chi connectivity index (χ4v) is 1.94. The van der Waals surface area contributed by atoms with Crippen LogP contribution < -0.4 is 0 Å². The van der Waals surface area contributed by atoms with Crippen LogP contribution in [0.3, 0.4) is 0 Å². The Balaban J connectivity index is 5.50. The van der Waals surface area contributed by atoms with Crippen LogP contribution in [0.2, 0.25) is 0 Å². The van der Waals surface area contributed by atoms with Crippen molar-refractivity contribution in [2.75, 3.05) is 7.11 Å². The maximum Gasteiger partial charge on any atom is 0.405 e. The fraction of sp³-hybridized carbons (Fsp3) is 0.909. The average Bonchev–Trinajstić information content (AvgIpc) is 2.09. The van der Waals surface area contributed by atoms with Gasteiger partial charge in [0.1, 0.15) is 0 Å². The molecule has 0 aliphatic rings. The second-order valence-electron chi connectivity index (χ2n) is 4.71. The van der Waals surface area contributed by atoms with E-state index in [2.05, 4.69) is 4.74 Å². The minimum atomic E-state index is -4.58. The number of alkyl halides is 3. The molecule has 0 amide bonds. The molecular formula is C11H19F3O2. The van der Waals surface area contributed by atoms with Gasteiger partial charge in [0.15, 0.2) is 5.41 Å². The van der Waals surface area contributed by atoms with Gasteiger partial charge in [0, 0.05) is 0 Å². The van der Waals surface area contributed by atoms with Crippen LogP contribution in [0.4, 0.5) is 13.2 Å². The van der Waals surface area contributed by atoms with Gasteiger partial charge in [0.05, 0.1) is 7.11 Å². The molecule has 1 atom stereocenters. The monoisotopic (exact) mass is 240 g/mol. The lowest BCUT2D eigenvalue weighted by Crippen LogP contribution is -2.50. The van der Waals surface area contributed by atoms with Crippen LogP contribution in [0.25, 0.3) is 0 Å². The third-order valence-electron chi connectivity index (χ3n) is 2.77. The number of halogens is 3. The molecule has 0 aliphatic heterocycles. The number of ether oxygens (including phenoxy) is 1. The second kappa shape index (κ2) is 5.06. The molecule has 0 radical (unpaired) electrons. The summed E-state index contributed by atoms with van der Waals surface area (Å²) in [5.41, 5.74) is -2.39. The van der Waals surface area contributed by atoms with E-state index in [0.29, 0.717) is 0 Å². The van der Waals surface area contributed by atoms with E-state index in [4.69, 9.17) is 0 Å². The van der Waals surface area contributed by atoms with E-state index >= 15 is 0 Å². The summed E-state index contributed by atoms with van der Waals surface area (Å²) >= 11 is 0. The number of carbonyl (C=O) groups is 1. The van der Waals surface area contributed by atoms with E-state index in [1.54, 1.807) is 13.8 Å². The van der Waals surface area contributed by atoms with Gasteiger partial charge in [0.25, 0.3) is 0 Å². The maximum absolute atomic E-state index is 13.1. The fourth-order valence-electron chi connectivity index (χ4n) is 1.94. The van der Waals surface area contributed by atoms with Crippen molar-refractivity contribution in [1.29, 1.82) is 0 Å². The Morgan fingerprint density at radius 2 is 1.62 bits per heavy atom. The molecule has 5 heteroatoms. The molecule has 96 valence electrons. The molecule has 0 spiro atoms. The molecule has 0 aromatic rings. The SMILES string of the molecule is COC(=O)C(CC(C)C)(C(C)C)C(F)(F)F. The number of carbonyl (C=O) groups excluding carboxylic acids is 1. The normalized spacial score (nSPS) is 16.4. The number of methoxy groups -OCH3 is 1. The van der Waals surface area contributed by atoms with Crippen LogP contribution in [0.1, 0.15) is 34.1 Å². The summed E-state index contributed by atoms with van der Waals surface area (Å²) in [4.78, 5) is 11.5. The highest BCUT2D eigenvalue weighted by atomic mass is 19.4. The van der Waals surface area contributed by atoms with Crippen LogP contribution in [0.5, 0.6) is 0 Å². The van der Waals surface area contributed by atoms with Crippen molar-refractivity contribution in [1.82, 2.24) is 0 Å². The Morgan fingerprint density at radius 3 is 1.81 bits per heavy atom. The zero-order valence-corrected chi connectivity index (χ0v) is 10.3. The summed E-state index contributed by atoms with van der Waals surface area (Å²) in [5, 5.41) is 0. The first-order valence-electron chi connectivity index (χ1n) is 5.24. The topological polar surface area (TPSA) is 26.3 Å². The third-order valence-corrected chi connectivity index (χ3v) is 2.77. The van der Waals surface area contributed by atoms with Crippen LogP contribution in [0.15, 0.2) is 0 Å². The minimum absolute atomic E-state index is 0.233. The summed E-state index contributed by atoms with van der Waals surface area (Å²) in [6.45, 7) is 6.11. The zero-order valence-electron chi connectivity index (χ0n) is 10.3. The number of esters is 1. The zero-order chi connectivity index (χ0) is 13.1. The first-order chi connectivity index (χ1) is 7.09. The van der Waals surface area contributed by atoms with E-state index < -0.39 is 23.5 Å². The molecule has 0 rings (SSSR count). The Kier molecular flexibility index (Phi) is 4.83. The van der Waals surface area contributed by atoms with E-state index in [0.717, 1.165) is 7.11 Å². The number of rotatable bonds is 4. The Morgan fingerprint density at radius 1 is 1.19 bits per heavy atom. The first-order valence-corrected chi connectivity index (χ1v) is 5.24. The summed E-state index contributed by atoms with van der Waals surface area (Å²) in [5.74, 6) is -2.27. The van der Waals surface area contributed by atoms with Gasteiger partial charge < -0.3 is 4.74 Å². The summed E-state index contributed by atoms with van der Waals surface area (Å²) in [7, 11) is 0.992. The molecule has 0 saturated heterocycles. The van der Waals surface area contributed by atoms with Crippen molar-refractivity contribution in [2.24, 2.45) is 17.3 Å². The third kappa shape index (κ3) is 2.68. The Bertz CT molecular complexity index is 246. The van der Waals surface area contributed by atoms with Crippen molar-refractivity contribution in [3.63, 3.8) is 0 Å². The first kappa shape index (κ1) is 15.3.